The molecule has 0 atom stereocenters. The Morgan fingerprint density at radius 3 is 1.96 bits per heavy atom. The zero-order valence-electron chi connectivity index (χ0n) is 14.7. The van der Waals surface area contributed by atoms with Crippen LogP contribution in [0.25, 0.3) is 9.75 Å². The molecular weight excluding hydrogens is 400 g/mol. The third kappa shape index (κ3) is 7.71. The molecular formula is C20H29BrOS2. The molecule has 0 N–H and O–H groups in total. The van der Waals surface area contributed by atoms with Gasteiger partial charge in [0.15, 0.2) is 5.06 Å². The van der Waals surface area contributed by atoms with E-state index in [1.807, 2.05) is 0 Å². The summed E-state index contributed by atoms with van der Waals surface area (Å²) in [7, 11) is 0. The lowest BCUT2D eigenvalue weighted by molar-refractivity contribution is 0.312. The number of thiophene rings is 2. The van der Waals surface area contributed by atoms with Crippen molar-refractivity contribution in [3.63, 3.8) is 0 Å². The monoisotopic (exact) mass is 428 g/mol. The van der Waals surface area contributed by atoms with Crippen molar-refractivity contribution < 1.29 is 4.74 Å². The van der Waals surface area contributed by atoms with Crippen LogP contribution in [0.1, 0.15) is 71.1 Å². The van der Waals surface area contributed by atoms with Gasteiger partial charge in [-0.1, -0.05) is 76.0 Å². The van der Waals surface area contributed by atoms with Crippen molar-refractivity contribution in [1.29, 1.82) is 0 Å². The summed E-state index contributed by atoms with van der Waals surface area (Å²) >= 11 is 7.04. The van der Waals surface area contributed by atoms with Gasteiger partial charge in [0.05, 0.1) is 10.4 Å². The minimum atomic E-state index is 0.852. The van der Waals surface area contributed by atoms with Crippen LogP contribution >= 0.6 is 38.6 Å². The Hall–Kier alpha value is -0.320. The molecule has 0 bridgehead atoms. The fourth-order valence-corrected chi connectivity index (χ4v) is 5.10. The molecule has 0 saturated carbocycles. The van der Waals surface area contributed by atoms with Gasteiger partial charge in [-0.3, -0.25) is 0 Å². The highest BCUT2D eigenvalue weighted by Crippen LogP contribution is 2.38. The number of hydrogen-bond donors (Lipinski definition) is 0. The Morgan fingerprint density at radius 2 is 1.33 bits per heavy atom. The van der Waals surface area contributed by atoms with Crippen molar-refractivity contribution in [2.45, 2.75) is 71.1 Å². The number of halogens is 1. The predicted octanol–water partition coefficient (Wildman–Crippen LogP) is 8.54. The Labute approximate surface area is 163 Å². The molecule has 0 aliphatic carbocycles. The Bertz CT molecular complexity index is 561. The van der Waals surface area contributed by atoms with Gasteiger partial charge in [0.25, 0.3) is 0 Å². The van der Waals surface area contributed by atoms with Crippen LogP contribution in [0.4, 0.5) is 0 Å². The highest BCUT2D eigenvalue weighted by atomic mass is 79.9. The van der Waals surface area contributed by atoms with E-state index in [1.54, 1.807) is 22.7 Å². The average molecular weight is 429 g/mol. The molecule has 0 amide bonds. The number of ether oxygens (including phenoxy) is 1. The van der Waals surface area contributed by atoms with E-state index in [0.29, 0.717) is 0 Å². The van der Waals surface area contributed by atoms with E-state index in [9.17, 15) is 0 Å². The first-order chi connectivity index (χ1) is 11.8. The highest BCUT2D eigenvalue weighted by Gasteiger charge is 2.06. The standard InChI is InChI=1S/C20H29BrOS2/c1-2-3-4-5-6-7-8-9-10-11-16-22-20-15-13-18(24-20)17-12-14-19(21)23-17/h12-15H,2-11,16H2,1H3. The molecule has 0 spiro atoms. The largest absolute Gasteiger partial charge is 0.484 e. The van der Waals surface area contributed by atoms with Gasteiger partial charge in [0.1, 0.15) is 0 Å². The average Bonchev–Trinajstić information content (AvgIpc) is 3.21. The van der Waals surface area contributed by atoms with Crippen molar-refractivity contribution in [3.8, 4) is 14.8 Å². The van der Waals surface area contributed by atoms with Crippen molar-refractivity contribution in [2.75, 3.05) is 6.61 Å². The summed E-state index contributed by atoms with van der Waals surface area (Å²) in [5.41, 5.74) is 0. The zero-order chi connectivity index (χ0) is 17.0. The maximum Gasteiger partial charge on any atom is 0.174 e. The highest BCUT2D eigenvalue weighted by molar-refractivity contribution is 9.11. The summed E-state index contributed by atoms with van der Waals surface area (Å²) in [6.45, 7) is 3.13. The van der Waals surface area contributed by atoms with Crippen LogP contribution in [-0.2, 0) is 0 Å². The number of hydrogen-bond acceptors (Lipinski definition) is 3. The summed E-state index contributed by atoms with van der Waals surface area (Å²) in [5.74, 6) is 0. The van der Waals surface area contributed by atoms with Crippen molar-refractivity contribution >= 4 is 38.6 Å². The molecule has 0 aliphatic heterocycles. The van der Waals surface area contributed by atoms with E-state index < -0.39 is 0 Å². The molecule has 0 fully saturated rings. The molecule has 0 radical (unpaired) electrons. The molecule has 4 heteroatoms. The fraction of sp³-hybridized carbons (Fsp3) is 0.600. The first kappa shape index (κ1) is 20.0. The van der Waals surface area contributed by atoms with E-state index in [4.69, 9.17) is 4.74 Å². The summed E-state index contributed by atoms with van der Waals surface area (Å²) in [6.07, 6.45) is 13.7. The van der Waals surface area contributed by atoms with Gasteiger partial charge in [-0.25, -0.2) is 0 Å². The van der Waals surface area contributed by atoms with Crippen LogP contribution in [0.2, 0.25) is 0 Å². The number of rotatable bonds is 13. The Morgan fingerprint density at radius 1 is 0.750 bits per heavy atom. The van der Waals surface area contributed by atoms with Crippen LogP contribution < -0.4 is 4.74 Å². The van der Waals surface area contributed by atoms with E-state index in [1.165, 1.54) is 77.7 Å². The van der Waals surface area contributed by atoms with Crippen LogP contribution in [0.3, 0.4) is 0 Å². The quantitative estimate of drug-likeness (QED) is 0.290. The second-order valence-corrected chi connectivity index (χ2v) is 9.76. The van der Waals surface area contributed by atoms with Crippen LogP contribution in [0.5, 0.6) is 5.06 Å². The van der Waals surface area contributed by atoms with E-state index in [2.05, 4.69) is 47.1 Å². The second kappa shape index (κ2) is 12.1. The minimum absolute atomic E-state index is 0.852. The second-order valence-electron chi connectivity index (χ2n) is 6.25. The smallest absolute Gasteiger partial charge is 0.174 e. The minimum Gasteiger partial charge on any atom is -0.484 e. The fourth-order valence-electron chi connectivity index (χ4n) is 2.74. The van der Waals surface area contributed by atoms with E-state index in [-0.39, 0.29) is 0 Å². The van der Waals surface area contributed by atoms with Gasteiger partial charge in [0.2, 0.25) is 0 Å². The lowest BCUT2D eigenvalue weighted by Crippen LogP contribution is -1.95. The van der Waals surface area contributed by atoms with E-state index >= 15 is 0 Å². The molecule has 0 saturated heterocycles. The van der Waals surface area contributed by atoms with Gasteiger partial charge in [0, 0.05) is 9.75 Å². The normalized spacial score (nSPS) is 11.1. The maximum atomic E-state index is 5.90. The molecule has 134 valence electrons. The first-order valence-electron chi connectivity index (χ1n) is 9.28. The Balaban J connectivity index is 1.49. The van der Waals surface area contributed by atoms with Gasteiger partial charge in [-0.2, -0.15) is 0 Å². The van der Waals surface area contributed by atoms with Crippen molar-refractivity contribution in [3.05, 3.63) is 28.1 Å². The molecule has 24 heavy (non-hydrogen) atoms. The Kier molecular flexibility index (Phi) is 10.1. The third-order valence-corrected chi connectivity index (χ3v) is 6.96. The molecule has 2 heterocycles. The third-order valence-electron chi connectivity index (χ3n) is 4.14. The molecule has 2 aromatic heterocycles. The van der Waals surface area contributed by atoms with Gasteiger partial charge in [-0.05, 0) is 46.6 Å². The summed E-state index contributed by atoms with van der Waals surface area (Å²) in [5, 5.41) is 1.05. The molecule has 0 aliphatic rings. The van der Waals surface area contributed by atoms with E-state index in [0.717, 1.165) is 11.7 Å². The topological polar surface area (TPSA) is 9.23 Å². The van der Waals surface area contributed by atoms with Crippen molar-refractivity contribution in [1.82, 2.24) is 0 Å². The summed E-state index contributed by atoms with van der Waals surface area (Å²) < 4.78 is 7.08. The van der Waals surface area contributed by atoms with Crippen LogP contribution in [0, 0.1) is 0 Å². The summed E-state index contributed by atoms with van der Waals surface area (Å²) in [4.78, 5) is 2.60. The van der Waals surface area contributed by atoms with Gasteiger partial charge in [-0.15, -0.1) is 11.3 Å². The number of unbranched alkanes of at least 4 members (excludes halogenated alkanes) is 9. The molecule has 1 nitrogen and oxygen atoms in total. The van der Waals surface area contributed by atoms with Gasteiger partial charge < -0.3 is 4.74 Å². The molecule has 0 aromatic carbocycles. The zero-order valence-corrected chi connectivity index (χ0v) is 17.9. The first-order valence-corrected chi connectivity index (χ1v) is 11.7. The lowest BCUT2D eigenvalue weighted by Gasteiger charge is -2.04. The summed E-state index contributed by atoms with van der Waals surface area (Å²) in [6, 6.07) is 8.53. The maximum absolute atomic E-state index is 5.90. The molecule has 0 unspecified atom stereocenters. The predicted molar refractivity (Wildman–Crippen MR) is 113 cm³/mol. The van der Waals surface area contributed by atoms with Crippen LogP contribution in [-0.4, -0.2) is 6.61 Å². The molecule has 2 aromatic rings. The molecule has 2 rings (SSSR count). The van der Waals surface area contributed by atoms with Crippen LogP contribution in [0.15, 0.2) is 28.1 Å². The van der Waals surface area contributed by atoms with Crippen molar-refractivity contribution in [2.24, 2.45) is 0 Å². The lowest BCUT2D eigenvalue weighted by atomic mass is 10.1. The SMILES string of the molecule is CCCCCCCCCCCCOc1ccc(-c2ccc(Br)s2)s1. The van der Waals surface area contributed by atoms with Gasteiger partial charge >= 0.3 is 0 Å².